The zero-order valence-corrected chi connectivity index (χ0v) is 7.64. The van der Waals surface area contributed by atoms with Crippen molar-refractivity contribution in [1.29, 1.82) is 0 Å². The third-order valence-electron chi connectivity index (χ3n) is 1.94. The molecule has 0 radical (unpaired) electrons. The SMILES string of the molecule is O=c1ccc2cc(CCl)ccc2[nH]1. The van der Waals surface area contributed by atoms with Crippen LogP contribution in [0.25, 0.3) is 10.9 Å². The van der Waals surface area contributed by atoms with Gasteiger partial charge in [-0.05, 0) is 29.1 Å². The van der Waals surface area contributed by atoms with Crippen LogP contribution in [0.15, 0.2) is 35.1 Å². The van der Waals surface area contributed by atoms with Crippen molar-refractivity contribution in [2.24, 2.45) is 0 Å². The molecule has 0 amide bonds. The summed E-state index contributed by atoms with van der Waals surface area (Å²) < 4.78 is 0. The van der Waals surface area contributed by atoms with E-state index in [1.54, 1.807) is 6.07 Å². The Hall–Kier alpha value is -1.28. The molecule has 2 rings (SSSR count). The standard InChI is InChI=1S/C10H8ClNO/c11-6-7-1-3-9-8(5-7)2-4-10(13)12-9/h1-5H,6H2,(H,12,13). The van der Waals surface area contributed by atoms with Crippen LogP contribution in [0.1, 0.15) is 5.56 Å². The van der Waals surface area contributed by atoms with Gasteiger partial charge in [-0.15, -0.1) is 11.6 Å². The Morgan fingerprint density at radius 2 is 2.08 bits per heavy atom. The molecule has 0 spiro atoms. The predicted molar refractivity (Wildman–Crippen MR) is 54.1 cm³/mol. The molecular weight excluding hydrogens is 186 g/mol. The topological polar surface area (TPSA) is 32.9 Å². The predicted octanol–water partition coefficient (Wildman–Crippen LogP) is 2.27. The van der Waals surface area contributed by atoms with Crippen LogP contribution in [0.5, 0.6) is 0 Å². The number of hydrogen-bond donors (Lipinski definition) is 1. The van der Waals surface area contributed by atoms with Crippen LogP contribution in [0.4, 0.5) is 0 Å². The van der Waals surface area contributed by atoms with Crippen LogP contribution in [0.3, 0.4) is 0 Å². The van der Waals surface area contributed by atoms with Crippen LogP contribution in [0, 0.1) is 0 Å². The van der Waals surface area contributed by atoms with Gasteiger partial charge in [-0.2, -0.15) is 0 Å². The zero-order valence-electron chi connectivity index (χ0n) is 6.88. The lowest BCUT2D eigenvalue weighted by molar-refractivity contribution is 1.30. The van der Waals surface area contributed by atoms with Gasteiger partial charge in [-0.1, -0.05) is 6.07 Å². The van der Waals surface area contributed by atoms with Crippen LogP contribution in [0.2, 0.25) is 0 Å². The van der Waals surface area contributed by atoms with Gasteiger partial charge in [0.2, 0.25) is 5.56 Å². The van der Waals surface area contributed by atoms with E-state index in [1.165, 1.54) is 6.07 Å². The van der Waals surface area contributed by atoms with Crippen molar-refractivity contribution in [3.05, 3.63) is 46.2 Å². The van der Waals surface area contributed by atoms with E-state index in [0.717, 1.165) is 16.5 Å². The summed E-state index contributed by atoms with van der Waals surface area (Å²) in [5.41, 5.74) is 1.83. The average Bonchev–Trinajstić information content (AvgIpc) is 2.17. The number of hydrogen-bond acceptors (Lipinski definition) is 1. The first kappa shape index (κ1) is 8.32. The number of aromatic nitrogens is 1. The van der Waals surface area contributed by atoms with Crippen LogP contribution < -0.4 is 5.56 Å². The molecule has 1 heterocycles. The fourth-order valence-corrected chi connectivity index (χ4v) is 1.45. The Morgan fingerprint density at radius 1 is 1.23 bits per heavy atom. The van der Waals surface area contributed by atoms with Gasteiger partial charge in [-0.3, -0.25) is 4.79 Å². The largest absolute Gasteiger partial charge is 0.322 e. The number of nitrogens with one attached hydrogen (secondary N) is 1. The van der Waals surface area contributed by atoms with Crippen molar-refractivity contribution in [3.63, 3.8) is 0 Å². The summed E-state index contributed by atoms with van der Waals surface area (Å²) in [7, 11) is 0. The molecule has 3 heteroatoms. The highest BCUT2D eigenvalue weighted by Crippen LogP contribution is 2.13. The third-order valence-corrected chi connectivity index (χ3v) is 2.25. The van der Waals surface area contributed by atoms with Crippen LogP contribution in [-0.4, -0.2) is 4.98 Å². The van der Waals surface area contributed by atoms with Crippen molar-refractivity contribution in [1.82, 2.24) is 4.98 Å². The normalized spacial score (nSPS) is 10.5. The Morgan fingerprint density at radius 3 is 2.85 bits per heavy atom. The fourth-order valence-electron chi connectivity index (χ4n) is 1.29. The number of aromatic amines is 1. The molecule has 0 aliphatic heterocycles. The quantitative estimate of drug-likeness (QED) is 0.693. The molecule has 0 bridgehead atoms. The van der Waals surface area contributed by atoms with Crippen molar-refractivity contribution in [2.45, 2.75) is 5.88 Å². The molecule has 2 aromatic rings. The summed E-state index contributed by atoms with van der Waals surface area (Å²) >= 11 is 5.69. The monoisotopic (exact) mass is 193 g/mol. The molecule has 1 aromatic heterocycles. The van der Waals surface area contributed by atoms with Gasteiger partial charge in [0.1, 0.15) is 0 Å². The molecule has 0 saturated carbocycles. The molecule has 2 nitrogen and oxygen atoms in total. The molecule has 0 unspecified atom stereocenters. The zero-order chi connectivity index (χ0) is 9.26. The third kappa shape index (κ3) is 1.58. The Balaban J connectivity index is 2.73. The smallest absolute Gasteiger partial charge is 0.248 e. The van der Waals surface area contributed by atoms with Crippen molar-refractivity contribution in [3.8, 4) is 0 Å². The van der Waals surface area contributed by atoms with E-state index < -0.39 is 0 Å². The first-order chi connectivity index (χ1) is 6.29. The molecule has 66 valence electrons. The average molecular weight is 194 g/mol. The summed E-state index contributed by atoms with van der Waals surface area (Å²) in [5.74, 6) is 0.495. The first-order valence-corrected chi connectivity index (χ1v) is 4.51. The van der Waals surface area contributed by atoms with Crippen molar-refractivity contribution in [2.75, 3.05) is 0 Å². The minimum atomic E-state index is -0.0777. The van der Waals surface area contributed by atoms with Gasteiger partial charge >= 0.3 is 0 Å². The first-order valence-electron chi connectivity index (χ1n) is 3.97. The fraction of sp³-hybridized carbons (Fsp3) is 0.100. The van der Waals surface area contributed by atoms with Crippen molar-refractivity contribution < 1.29 is 0 Å². The van der Waals surface area contributed by atoms with E-state index >= 15 is 0 Å². The number of alkyl halides is 1. The van der Waals surface area contributed by atoms with E-state index in [-0.39, 0.29) is 5.56 Å². The van der Waals surface area contributed by atoms with Crippen LogP contribution >= 0.6 is 11.6 Å². The second-order valence-electron chi connectivity index (χ2n) is 2.88. The lowest BCUT2D eigenvalue weighted by Gasteiger charge is -1.98. The van der Waals surface area contributed by atoms with Gasteiger partial charge in [0.15, 0.2) is 0 Å². The highest BCUT2D eigenvalue weighted by molar-refractivity contribution is 6.17. The summed E-state index contributed by atoms with van der Waals surface area (Å²) in [6, 6.07) is 9.06. The van der Waals surface area contributed by atoms with E-state index in [2.05, 4.69) is 4.98 Å². The number of pyridine rings is 1. The Kier molecular flexibility index (Phi) is 2.07. The molecule has 0 fully saturated rings. The number of benzene rings is 1. The van der Waals surface area contributed by atoms with Gasteiger partial charge in [0.25, 0.3) is 0 Å². The molecule has 1 aromatic carbocycles. The van der Waals surface area contributed by atoms with E-state index in [0.29, 0.717) is 5.88 Å². The maximum absolute atomic E-state index is 11.0. The summed E-state index contributed by atoms with van der Waals surface area (Å²) in [5, 5.41) is 1.01. The highest BCUT2D eigenvalue weighted by Gasteiger charge is 1.95. The summed E-state index contributed by atoms with van der Waals surface area (Å²) in [6.45, 7) is 0. The lowest BCUT2D eigenvalue weighted by atomic mass is 10.1. The lowest BCUT2D eigenvalue weighted by Crippen LogP contribution is -2.02. The second-order valence-corrected chi connectivity index (χ2v) is 3.15. The second kappa shape index (κ2) is 3.23. The molecule has 0 aliphatic rings. The number of rotatable bonds is 1. The minimum absolute atomic E-state index is 0.0777. The van der Waals surface area contributed by atoms with E-state index in [1.807, 2.05) is 18.2 Å². The molecule has 0 saturated heterocycles. The van der Waals surface area contributed by atoms with Gasteiger partial charge < -0.3 is 4.98 Å². The van der Waals surface area contributed by atoms with E-state index in [9.17, 15) is 4.79 Å². The summed E-state index contributed by atoms with van der Waals surface area (Å²) in [4.78, 5) is 13.7. The Labute approximate surface area is 80.2 Å². The molecule has 0 atom stereocenters. The van der Waals surface area contributed by atoms with Gasteiger partial charge in [0.05, 0.1) is 0 Å². The van der Waals surface area contributed by atoms with Crippen molar-refractivity contribution >= 4 is 22.5 Å². The number of halogens is 1. The Bertz CT molecular complexity index is 489. The van der Waals surface area contributed by atoms with Gasteiger partial charge in [0, 0.05) is 17.5 Å². The highest BCUT2D eigenvalue weighted by atomic mass is 35.5. The van der Waals surface area contributed by atoms with E-state index in [4.69, 9.17) is 11.6 Å². The molecule has 1 N–H and O–H groups in total. The molecule has 13 heavy (non-hydrogen) atoms. The maximum Gasteiger partial charge on any atom is 0.248 e. The van der Waals surface area contributed by atoms with Gasteiger partial charge in [-0.25, -0.2) is 0 Å². The number of H-pyrrole nitrogens is 1. The molecule has 0 aliphatic carbocycles. The summed E-state index contributed by atoms with van der Waals surface area (Å²) in [6.07, 6.45) is 0. The number of fused-ring (bicyclic) bond motifs is 1. The van der Waals surface area contributed by atoms with Crippen LogP contribution in [-0.2, 0) is 5.88 Å². The minimum Gasteiger partial charge on any atom is -0.322 e. The maximum atomic E-state index is 11.0. The molecular formula is C10H8ClNO.